The summed E-state index contributed by atoms with van der Waals surface area (Å²) in [5.74, 6) is 2.17. The van der Waals surface area contributed by atoms with Gasteiger partial charge in [-0.1, -0.05) is 17.4 Å². The fourth-order valence-corrected chi connectivity index (χ4v) is 3.79. The third-order valence-electron chi connectivity index (χ3n) is 5.06. The van der Waals surface area contributed by atoms with Crippen LogP contribution in [0.25, 0.3) is 0 Å². The number of ether oxygens (including phenoxy) is 1. The zero-order chi connectivity index (χ0) is 21.5. The van der Waals surface area contributed by atoms with Gasteiger partial charge in [0.25, 0.3) is 0 Å². The molecule has 8 nitrogen and oxygen atoms in total. The van der Waals surface area contributed by atoms with Crippen molar-refractivity contribution < 1.29 is 9.84 Å². The van der Waals surface area contributed by atoms with Crippen molar-refractivity contribution in [1.29, 1.82) is 0 Å². The lowest BCUT2D eigenvalue weighted by molar-refractivity contribution is 0.0677. The van der Waals surface area contributed by atoms with E-state index in [4.69, 9.17) is 4.74 Å². The molecule has 2 atom stereocenters. The molecule has 30 heavy (non-hydrogen) atoms. The molecule has 3 heterocycles. The van der Waals surface area contributed by atoms with E-state index in [1.165, 1.54) is 11.3 Å². The lowest BCUT2D eigenvalue weighted by Gasteiger charge is -2.21. The Balaban J connectivity index is 1.50. The zero-order valence-corrected chi connectivity index (χ0v) is 18.6. The van der Waals surface area contributed by atoms with Gasteiger partial charge in [-0.2, -0.15) is 4.98 Å². The van der Waals surface area contributed by atoms with E-state index >= 15 is 0 Å². The molecule has 158 valence electrons. The summed E-state index contributed by atoms with van der Waals surface area (Å²) in [6, 6.07) is 5.96. The summed E-state index contributed by atoms with van der Waals surface area (Å²) >= 11 is 1.47. The van der Waals surface area contributed by atoms with Crippen molar-refractivity contribution in [3.8, 4) is 5.88 Å². The van der Waals surface area contributed by atoms with Crippen LogP contribution in [0.5, 0.6) is 5.88 Å². The Morgan fingerprint density at radius 3 is 2.67 bits per heavy atom. The maximum Gasteiger partial charge on any atom is 0.218 e. The van der Waals surface area contributed by atoms with E-state index in [-0.39, 0.29) is 0 Å². The fraction of sp³-hybridized carbons (Fsp3) is 0.476. The number of anilines is 2. The van der Waals surface area contributed by atoms with Crippen LogP contribution in [-0.2, 0) is 5.60 Å². The van der Waals surface area contributed by atoms with Gasteiger partial charge in [0.1, 0.15) is 16.4 Å². The van der Waals surface area contributed by atoms with Gasteiger partial charge in [0.05, 0.1) is 6.61 Å². The first-order chi connectivity index (χ1) is 14.2. The maximum absolute atomic E-state index is 10.5. The third-order valence-corrected chi connectivity index (χ3v) is 5.98. The number of aliphatic hydroxyl groups is 1. The average Bonchev–Trinajstić information content (AvgIpc) is 3.36. The van der Waals surface area contributed by atoms with Crippen LogP contribution in [0, 0.1) is 19.8 Å². The summed E-state index contributed by atoms with van der Waals surface area (Å²) < 4.78 is 6.02. The van der Waals surface area contributed by atoms with Crippen LogP contribution in [-0.4, -0.2) is 43.9 Å². The minimum absolute atomic E-state index is 0.302. The summed E-state index contributed by atoms with van der Waals surface area (Å²) in [7, 11) is 1.86. The Labute approximate surface area is 180 Å². The van der Waals surface area contributed by atoms with Gasteiger partial charge >= 0.3 is 0 Å². The second kappa shape index (κ2) is 7.88. The molecule has 0 aliphatic heterocycles. The van der Waals surface area contributed by atoms with Crippen molar-refractivity contribution in [2.75, 3.05) is 18.6 Å². The standard InChI is InChI=1S/C21H26N6O2S/c1-12-6-7-16(22-10-12)15-8-14(15)11-29-18-9-17(23-19(24-18)21(3,4)28)27(5)20-26-25-13(2)30-20/h6-7,9-10,14-15,28H,8,11H2,1-5H3/t14-,15+/m0/s1. The second-order valence-corrected chi connectivity index (χ2v) is 9.44. The predicted molar refractivity (Wildman–Crippen MR) is 115 cm³/mol. The molecule has 0 saturated heterocycles. The van der Waals surface area contributed by atoms with Crippen LogP contribution in [0.3, 0.4) is 0 Å². The van der Waals surface area contributed by atoms with Gasteiger partial charge in [-0.05, 0) is 45.7 Å². The number of aromatic nitrogens is 5. The Kier molecular flexibility index (Phi) is 5.42. The smallest absolute Gasteiger partial charge is 0.218 e. The van der Waals surface area contributed by atoms with E-state index < -0.39 is 5.60 Å². The highest BCUT2D eigenvalue weighted by Crippen LogP contribution is 2.46. The molecule has 1 aliphatic carbocycles. The molecule has 0 aromatic carbocycles. The minimum Gasteiger partial charge on any atom is -0.477 e. The van der Waals surface area contributed by atoms with Gasteiger partial charge < -0.3 is 14.7 Å². The Morgan fingerprint density at radius 2 is 2.03 bits per heavy atom. The Bertz CT molecular complexity index is 1030. The molecular weight excluding hydrogens is 400 g/mol. The molecule has 3 aromatic rings. The van der Waals surface area contributed by atoms with Crippen LogP contribution >= 0.6 is 11.3 Å². The van der Waals surface area contributed by atoms with Crippen molar-refractivity contribution in [3.63, 3.8) is 0 Å². The molecule has 0 spiro atoms. The molecule has 9 heteroatoms. The summed E-state index contributed by atoms with van der Waals surface area (Å²) in [5, 5.41) is 20.3. The Morgan fingerprint density at radius 1 is 1.23 bits per heavy atom. The number of pyridine rings is 1. The highest BCUT2D eigenvalue weighted by Gasteiger charge is 2.40. The molecular formula is C21H26N6O2S. The molecule has 0 bridgehead atoms. The first-order valence-electron chi connectivity index (χ1n) is 9.92. The number of rotatable bonds is 7. The lowest BCUT2D eigenvalue weighted by Crippen LogP contribution is -2.22. The fourth-order valence-electron chi connectivity index (χ4n) is 3.14. The molecule has 3 aromatic heterocycles. The molecule has 1 fully saturated rings. The third kappa shape index (κ3) is 4.57. The number of hydrogen-bond acceptors (Lipinski definition) is 9. The van der Waals surface area contributed by atoms with E-state index in [2.05, 4.69) is 37.3 Å². The molecule has 0 amide bonds. The molecule has 1 aliphatic rings. The first kappa shape index (κ1) is 20.6. The summed E-state index contributed by atoms with van der Waals surface area (Å²) in [5.41, 5.74) is 1.08. The van der Waals surface area contributed by atoms with Crippen LogP contribution in [0.4, 0.5) is 10.9 Å². The van der Waals surface area contributed by atoms with Gasteiger partial charge in [0.15, 0.2) is 5.82 Å². The van der Waals surface area contributed by atoms with Gasteiger partial charge in [0.2, 0.25) is 11.0 Å². The molecule has 0 radical (unpaired) electrons. The summed E-state index contributed by atoms with van der Waals surface area (Å²) in [4.78, 5) is 15.3. The monoisotopic (exact) mass is 426 g/mol. The summed E-state index contributed by atoms with van der Waals surface area (Å²) in [6.45, 7) is 7.80. The Hall–Kier alpha value is -2.65. The number of hydrogen-bond donors (Lipinski definition) is 1. The van der Waals surface area contributed by atoms with Crippen molar-refractivity contribution in [2.24, 2.45) is 5.92 Å². The van der Waals surface area contributed by atoms with Gasteiger partial charge in [-0.3, -0.25) is 4.98 Å². The van der Waals surface area contributed by atoms with E-state index in [1.807, 2.05) is 32.0 Å². The van der Waals surface area contributed by atoms with Crippen molar-refractivity contribution in [1.82, 2.24) is 25.1 Å². The van der Waals surface area contributed by atoms with Crippen molar-refractivity contribution in [2.45, 2.75) is 45.6 Å². The van der Waals surface area contributed by atoms with Crippen molar-refractivity contribution >= 4 is 22.3 Å². The molecule has 0 unspecified atom stereocenters. The minimum atomic E-state index is -1.19. The average molecular weight is 427 g/mol. The largest absolute Gasteiger partial charge is 0.477 e. The van der Waals surface area contributed by atoms with Crippen LogP contribution in [0.15, 0.2) is 24.4 Å². The number of nitrogens with zero attached hydrogens (tertiary/aromatic N) is 6. The first-order valence-corrected chi connectivity index (χ1v) is 10.7. The van der Waals surface area contributed by atoms with Crippen LogP contribution in [0.1, 0.15) is 48.3 Å². The lowest BCUT2D eigenvalue weighted by atomic mass is 10.1. The van der Waals surface area contributed by atoms with E-state index in [0.29, 0.717) is 41.1 Å². The maximum atomic E-state index is 10.5. The quantitative estimate of drug-likeness (QED) is 0.613. The van der Waals surface area contributed by atoms with Gasteiger partial charge in [0, 0.05) is 36.8 Å². The van der Waals surface area contributed by atoms with Gasteiger partial charge in [-0.15, -0.1) is 10.2 Å². The van der Waals surface area contributed by atoms with E-state index in [0.717, 1.165) is 22.7 Å². The number of aryl methyl sites for hydroxylation is 2. The predicted octanol–water partition coefficient (Wildman–Crippen LogP) is 3.52. The second-order valence-electron chi connectivity index (χ2n) is 8.28. The SMILES string of the molecule is Cc1ccc([C@@H]2C[C@H]2COc2cc(N(C)c3nnc(C)s3)nc(C(C)(C)O)n2)nc1. The zero-order valence-electron chi connectivity index (χ0n) is 17.8. The topological polar surface area (TPSA) is 97.2 Å². The van der Waals surface area contributed by atoms with E-state index in [1.54, 1.807) is 19.9 Å². The highest BCUT2D eigenvalue weighted by atomic mass is 32.1. The van der Waals surface area contributed by atoms with Gasteiger partial charge in [-0.25, -0.2) is 4.98 Å². The molecule has 1 saturated carbocycles. The molecule has 4 rings (SSSR count). The molecule has 1 N–H and O–H groups in total. The highest BCUT2D eigenvalue weighted by molar-refractivity contribution is 7.15. The normalized spacial score (nSPS) is 18.3. The van der Waals surface area contributed by atoms with Crippen LogP contribution < -0.4 is 9.64 Å². The summed E-state index contributed by atoms with van der Waals surface area (Å²) in [6.07, 6.45) is 2.96. The van der Waals surface area contributed by atoms with E-state index in [9.17, 15) is 5.11 Å². The van der Waals surface area contributed by atoms with Crippen molar-refractivity contribution in [3.05, 3.63) is 46.5 Å². The van der Waals surface area contributed by atoms with Crippen LogP contribution in [0.2, 0.25) is 0 Å².